The SMILES string of the molecule is C=CC1C(C(=O)OC)C(C2CCCCC2)OS1=O. The van der Waals surface area contributed by atoms with Crippen molar-refractivity contribution in [3.63, 3.8) is 0 Å². The highest BCUT2D eigenvalue weighted by molar-refractivity contribution is 7.81. The van der Waals surface area contributed by atoms with Gasteiger partial charge in [-0.25, -0.2) is 4.21 Å². The molecule has 1 aliphatic carbocycles. The number of hydrogen-bond acceptors (Lipinski definition) is 4. The molecule has 0 spiro atoms. The van der Waals surface area contributed by atoms with Gasteiger partial charge in [0.05, 0.1) is 18.5 Å². The number of hydrogen-bond donors (Lipinski definition) is 0. The Bertz CT molecular complexity index is 349. The largest absolute Gasteiger partial charge is 0.469 e. The average Bonchev–Trinajstić information content (AvgIpc) is 2.75. The number of esters is 1. The summed E-state index contributed by atoms with van der Waals surface area (Å²) in [4.78, 5) is 11.9. The normalized spacial score (nSPS) is 37.4. The van der Waals surface area contributed by atoms with E-state index >= 15 is 0 Å². The number of methoxy groups -OCH3 is 1. The van der Waals surface area contributed by atoms with Crippen LogP contribution in [0.4, 0.5) is 0 Å². The Morgan fingerprint density at radius 1 is 1.39 bits per heavy atom. The standard InChI is InChI=1S/C13H20O4S/c1-3-10-11(13(14)16-2)12(17-18(10)15)9-7-5-4-6-8-9/h3,9-12H,1,4-8H2,2H3. The van der Waals surface area contributed by atoms with Gasteiger partial charge in [0, 0.05) is 0 Å². The van der Waals surface area contributed by atoms with E-state index in [1.807, 2.05) is 0 Å². The summed E-state index contributed by atoms with van der Waals surface area (Å²) in [7, 11) is 1.36. The molecule has 1 saturated heterocycles. The molecule has 1 saturated carbocycles. The summed E-state index contributed by atoms with van der Waals surface area (Å²) in [6.45, 7) is 3.66. The van der Waals surface area contributed by atoms with Crippen LogP contribution in [-0.4, -0.2) is 28.6 Å². The summed E-state index contributed by atoms with van der Waals surface area (Å²) < 4.78 is 22.3. The Morgan fingerprint density at radius 2 is 2.06 bits per heavy atom. The zero-order valence-electron chi connectivity index (χ0n) is 10.7. The van der Waals surface area contributed by atoms with E-state index in [0.717, 1.165) is 25.7 Å². The summed E-state index contributed by atoms with van der Waals surface area (Å²) in [6.07, 6.45) is 6.91. The minimum atomic E-state index is -1.46. The maximum absolute atomic E-state index is 11.9. The highest BCUT2D eigenvalue weighted by atomic mass is 32.2. The lowest BCUT2D eigenvalue weighted by Crippen LogP contribution is -2.37. The van der Waals surface area contributed by atoms with Crippen LogP contribution in [0.1, 0.15) is 32.1 Å². The van der Waals surface area contributed by atoms with E-state index in [4.69, 9.17) is 8.92 Å². The van der Waals surface area contributed by atoms with Crippen molar-refractivity contribution < 1.29 is 17.9 Å². The molecule has 1 aliphatic heterocycles. The summed E-state index contributed by atoms with van der Waals surface area (Å²) >= 11 is -1.46. The Morgan fingerprint density at radius 3 is 2.61 bits per heavy atom. The van der Waals surface area contributed by atoms with Crippen molar-refractivity contribution in [2.45, 2.75) is 43.5 Å². The first-order valence-corrected chi connectivity index (χ1v) is 7.61. The molecular weight excluding hydrogens is 252 g/mol. The van der Waals surface area contributed by atoms with Gasteiger partial charge in [-0.1, -0.05) is 25.3 Å². The first kappa shape index (κ1) is 13.7. The molecule has 18 heavy (non-hydrogen) atoms. The predicted octanol–water partition coefficient (Wildman–Crippen LogP) is 1.97. The molecule has 4 unspecified atom stereocenters. The lowest BCUT2D eigenvalue weighted by molar-refractivity contribution is -0.148. The van der Waals surface area contributed by atoms with E-state index in [9.17, 15) is 9.00 Å². The first-order chi connectivity index (χ1) is 8.69. The van der Waals surface area contributed by atoms with Crippen LogP contribution in [0, 0.1) is 11.8 Å². The molecule has 4 atom stereocenters. The van der Waals surface area contributed by atoms with Crippen molar-refractivity contribution in [2.75, 3.05) is 7.11 Å². The van der Waals surface area contributed by atoms with E-state index in [-0.39, 0.29) is 12.1 Å². The monoisotopic (exact) mass is 272 g/mol. The van der Waals surface area contributed by atoms with Crippen molar-refractivity contribution in [1.82, 2.24) is 0 Å². The third kappa shape index (κ3) is 2.52. The fourth-order valence-electron chi connectivity index (χ4n) is 3.00. The van der Waals surface area contributed by atoms with Crippen molar-refractivity contribution >= 4 is 17.0 Å². The molecule has 5 heteroatoms. The van der Waals surface area contributed by atoms with E-state index < -0.39 is 22.2 Å². The topological polar surface area (TPSA) is 52.6 Å². The highest BCUT2D eigenvalue weighted by Crippen LogP contribution is 2.39. The number of carbonyl (C=O) groups excluding carboxylic acids is 1. The number of ether oxygens (including phenoxy) is 1. The van der Waals surface area contributed by atoms with Gasteiger partial charge in [0.1, 0.15) is 5.92 Å². The molecule has 102 valence electrons. The van der Waals surface area contributed by atoms with Gasteiger partial charge in [-0.15, -0.1) is 6.58 Å². The van der Waals surface area contributed by atoms with Crippen LogP contribution in [0.25, 0.3) is 0 Å². The predicted molar refractivity (Wildman–Crippen MR) is 69.1 cm³/mol. The molecule has 0 radical (unpaired) electrons. The van der Waals surface area contributed by atoms with E-state index in [0.29, 0.717) is 5.92 Å². The van der Waals surface area contributed by atoms with Crippen molar-refractivity contribution in [1.29, 1.82) is 0 Å². The van der Waals surface area contributed by atoms with Crippen LogP contribution in [0.5, 0.6) is 0 Å². The Labute approximate surface area is 110 Å². The molecule has 2 rings (SSSR count). The zero-order valence-corrected chi connectivity index (χ0v) is 11.5. The second-order valence-electron chi connectivity index (χ2n) is 4.97. The molecule has 0 aromatic heterocycles. The lowest BCUT2D eigenvalue weighted by Gasteiger charge is -2.29. The summed E-state index contributed by atoms with van der Waals surface area (Å²) in [6, 6.07) is 0. The lowest BCUT2D eigenvalue weighted by atomic mass is 9.79. The van der Waals surface area contributed by atoms with E-state index in [2.05, 4.69) is 6.58 Å². The number of carbonyl (C=O) groups is 1. The minimum absolute atomic E-state index is 0.276. The third-order valence-electron chi connectivity index (χ3n) is 3.96. The molecule has 0 aromatic rings. The minimum Gasteiger partial charge on any atom is -0.469 e. The smallest absolute Gasteiger partial charge is 0.313 e. The maximum atomic E-state index is 11.9. The summed E-state index contributed by atoms with van der Waals surface area (Å²) in [5, 5.41) is -0.440. The molecule has 0 amide bonds. The Balaban J connectivity index is 2.19. The Kier molecular flexibility index (Phi) is 4.56. The van der Waals surface area contributed by atoms with Gasteiger partial charge >= 0.3 is 5.97 Å². The van der Waals surface area contributed by atoms with Crippen molar-refractivity contribution in [2.24, 2.45) is 11.8 Å². The van der Waals surface area contributed by atoms with Crippen LogP contribution in [0.3, 0.4) is 0 Å². The molecule has 0 aromatic carbocycles. The second-order valence-corrected chi connectivity index (χ2v) is 6.23. The average molecular weight is 272 g/mol. The maximum Gasteiger partial charge on any atom is 0.313 e. The van der Waals surface area contributed by atoms with Gasteiger partial charge in [-0.05, 0) is 18.8 Å². The second kappa shape index (κ2) is 5.97. The van der Waals surface area contributed by atoms with Gasteiger partial charge in [0.15, 0.2) is 11.1 Å². The zero-order chi connectivity index (χ0) is 13.1. The molecule has 4 nitrogen and oxygen atoms in total. The molecule has 2 fully saturated rings. The van der Waals surface area contributed by atoms with Gasteiger partial charge in [0.2, 0.25) is 0 Å². The van der Waals surface area contributed by atoms with Gasteiger partial charge < -0.3 is 4.74 Å². The van der Waals surface area contributed by atoms with Crippen molar-refractivity contribution in [3.05, 3.63) is 12.7 Å². The van der Waals surface area contributed by atoms with E-state index in [1.165, 1.54) is 13.5 Å². The van der Waals surface area contributed by atoms with Crippen LogP contribution in [-0.2, 0) is 24.8 Å². The summed E-state index contributed by atoms with van der Waals surface area (Å²) in [5.41, 5.74) is 0. The Hall–Kier alpha value is -0.680. The third-order valence-corrected chi connectivity index (χ3v) is 5.30. The number of rotatable bonds is 3. The van der Waals surface area contributed by atoms with Gasteiger partial charge in [0.25, 0.3) is 0 Å². The highest BCUT2D eigenvalue weighted by Gasteiger charge is 2.49. The quantitative estimate of drug-likeness (QED) is 0.582. The molecular formula is C13H20O4S. The molecule has 0 bridgehead atoms. The van der Waals surface area contributed by atoms with Crippen LogP contribution in [0.2, 0.25) is 0 Å². The molecule has 2 aliphatic rings. The first-order valence-electron chi connectivity index (χ1n) is 6.47. The van der Waals surface area contributed by atoms with Crippen molar-refractivity contribution in [3.8, 4) is 0 Å². The van der Waals surface area contributed by atoms with Gasteiger partial charge in [-0.3, -0.25) is 8.98 Å². The fraction of sp³-hybridized carbons (Fsp3) is 0.769. The molecule has 1 heterocycles. The summed E-state index contributed by atoms with van der Waals surface area (Å²) in [5.74, 6) is -0.477. The van der Waals surface area contributed by atoms with Crippen LogP contribution in [0.15, 0.2) is 12.7 Å². The van der Waals surface area contributed by atoms with E-state index in [1.54, 1.807) is 6.08 Å². The molecule has 0 N–H and O–H groups in total. The van der Waals surface area contributed by atoms with Gasteiger partial charge in [-0.2, -0.15) is 0 Å². The van der Waals surface area contributed by atoms with Crippen LogP contribution >= 0.6 is 0 Å². The fourth-order valence-corrected chi connectivity index (χ4v) is 4.29. The van der Waals surface area contributed by atoms with Crippen LogP contribution < -0.4 is 0 Å².